The molecule has 0 unspecified atom stereocenters. The van der Waals surface area contributed by atoms with Gasteiger partial charge in [-0.1, -0.05) is 19.9 Å². The van der Waals surface area contributed by atoms with Gasteiger partial charge in [0.05, 0.1) is 10.5 Å². The standard InChI is InChI=1S/C16H25F3N2O2S/c1-12(2)20-9-6-10-21(13(3)4)24(22,23)15-8-5-7-14(11-15)16(17,18)19/h5,7-8,11-13,20H,6,9-10H2,1-4H3. The second-order valence-electron chi connectivity index (χ2n) is 6.20. The number of sulfonamides is 1. The Bertz CT molecular complexity index is 628. The number of nitrogens with one attached hydrogen (secondary N) is 1. The molecule has 0 radical (unpaired) electrons. The highest BCUT2D eigenvalue weighted by atomic mass is 32.2. The molecule has 0 aliphatic carbocycles. The Morgan fingerprint density at radius 2 is 1.79 bits per heavy atom. The maximum Gasteiger partial charge on any atom is 0.416 e. The van der Waals surface area contributed by atoms with E-state index in [9.17, 15) is 21.6 Å². The molecule has 138 valence electrons. The summed E-state index contributed by atoms with van der Waals surface area (Å²) in [6.07, 6.45) is -4.00. The highest BCUT2D eigenvalue weighted by Crippen LogP contribution is 2.31. The molecule has 1 aromatic carbocycles. The molecule has 0 aliphatic heterocycles. The van der Waals surface area contributed by atoms with Gasteiger partial charge in [0.1, 0.15) is 0 Å². The second-order valence-corrected chi connectivity index (χ2v) is 8.09. The molecule has 0 saturated heterocycles. The van der Waals surface area contributed by atoms with E-state index >= 15 is 0 Å². The van der Waals surface area contributed by atoms with E-state index in [2.05, 4.69) is 5.32 Å². The number of rotatable bonds is 8. The molecule has 8 heteroatoms. The molecular weight excluding hydrogens is 341 g/mol. The summed E-state index contributed by atoms with van der Waals surface area (Å²) in [6.45, 7) is 8.27. The first kappa shape index (κ1) is 20.9. The summed E-state index contributed by atoms with van der Waals surface area (Å²) in [6, 6.07) is 3.82. The molecule has 1 N–H and O–H groups in total. The molecule has 0 amide bonds. The minimum Gasteiger partial charge on any atom is -0.314 e. The smallest absolute Gasteiger partial charge is 0.314 e. The van der Waals surface area contributed by atoms with E-state index in [1.165, 1.54) is 10.4 Å². The molecule has 0 fully saturated rings. The van der Waals surface area contributed by atoms with Crippen LogP contribution < -0.4 is 5.32 Å². The average molecular weight is 366 g/mol. The maximum atomic E-state index is 12.8. The Morgan fingerprint density at radius 3 is 2.29 bits per heavy atom. The van der Waals surface area contributed by atoms with E-state index in [1.807, 2.05) is 13.8 Å². The predicted molar refractivity (Wildman–Crippen MR) is 88.2 cm³/mol. The van der Waals surface area contributed by atoms with Gasteiger partial charge < -0.3 is 5.32 Å². The van der Waals surface area contributed by atoms with Crippen molar-refractivity contribution in [1.82, 2.24) is 9.62 Å². The summed E-state index contributed by atoms with van der Waals surface area (Å²) in [5.41, 5.74) is -0.964. The highest BCUT2D eigenvalue weighted by Gasteiger charge is 2.33. The van der Waals surface area contributed by atoms with Gasteiger partial charge in [0, 0.05) is 18.6 Å². The van der Waals surface area contributed by atoms with Gasteiger partial charge in [0.15, 0.2) is 0 Å². The Balaban J connectivity index is 3.01. The molecule has 0 saturated carbocycles. The van der Waals surface area contributed by atoms with Crippen molar-refractivity contribution >= 4 is 10.0 Å². The summed E-state index contributed by atoms with van der Waals surface area (Å²) >= 11 is 0. The maximum absolute atomic E-state index is 12.8. The number of nitrogens with zero attached hydrogens (tertiary/aromatic N) is 1. The zero-order valence-electron chi connectivity index (χ0n) is 14.4. The molecule has 1 aromatic rings. The highest BCUT2D eigenvalue weighted by molar-refractivity contribution is 7.89. The second kappa shape index (κ2) is 8.31. The van der Waals surface area contributed by atoms with Gasteiger partial charge in [-0.05, 0) is 45.0 Å². The van der Waals surface area contributed by atoms with Crippen molar-refractivity contribution in [3.05, 3.63) is 29.8 Å². The number of alkyl halides is 3. The van der Waals surface area contributed by atoms with Crippen molar-refractivity contribution in [3.63, 3.8) is 0 Å². The largest absolute Gasteiger partial charge is 0.416 e. The predicted octanol–water partition coefficient (Wildman–Crippen LogP) is 3.49. The third kappa shape index (κ3) is 5.75. The summed E-state index contributed by atoms with van der Waals surface area (Å²) in [7, 11) is -3.98. The minimum atomic E-state index is -4.57. The third-order valence-electron chi connectivity index (χ3n) is 3.45. The van der Waals surface area contributed by atoms with Crippen LogP contribution in [0.1, 0.15) is 39.7 Å². The third-order valence-corrected chi connectivity index (χ3v) is 5.52. The van der Waals surface area contributed by atoms with Gasteiger partial charge in [-0.3, -0.25) is 0 Å². The van der Waals surface area contributed by atoms with E-state index in [0.717, 1.165) is 12.1 Å². The minimum absolute atomic E-state index is 0.246. The van der Waals surface area contributed by atoms with Gasteiger partial charge in [0.25, 0.3) is 0 Å². The molecule has 0 atom stereocenters. The van der Waals surface area contributed by atoms with Crippen molar-refractivity contribution in [2.45, 2.75) is 57.3 Å². The number of hydrogen-bond acceptors (Lipinski definition) is 3. The molecule has 1 rings (SSSR count). The zero-order valence-corrected chi connectivity index (χ0v) is 15.2. The van der Waals surface area contributed by atoms with Gasteiger partial charge in [-0.15, -0.1) is 0 Å². The van der Waals surface area contributed by atoms with Crippen molar-refractivity contribution < 1.29 is 21.6 Å². The van der Waals surface area contributed by atoms with Crippen molar-refractivity contribution in [3.8, 4) is 0 Å². The lowest BCUT2D eigenvalue weighted by Gasteiger charge is -2.26. The first-order valence-corrected chi connectivity index (χ1v) is 9.32. The number of hydrogen-bond donors (Lipinski definition) is 1. The summed E-state index contributed by atoms with van der Waals surface area (Å²) in [5.74, 6) is 0. The van der Waals surface area contributed by atoms with E-state index in [4.69, 9.17) is 0 Å². The van der Waals surface area contributed by atoms with Crippen LogP contribution in [-0.4, -0.2) is 37.9 Å². The monoisotopic (exact) mass is 366 g/mol. The topological polar surface area (TPSA) is 49.4 Å². The fraction of sp³-hybridized carbons (Fsp3) is 0.625. The van der Waals surface area contributed by atoms with Gasteiger partial charge in [0.2, 0.25) is 10.0 Å². The van der Waals surface area contributed by atoms with Crippen LogP contribution in [0.15, 0.2) is 29.2 Å². The van der Waals surface area contributed by atoms with Gasteiger partial charge in [-0.25, -0.2) is 8.42 Å². The first-order valence-electron chi connectivity index (χ1n) is 7.88. The van der Waals surface area contributed by atoms with Crippen LogP contribution >= 0.6 is 0 Å². The van der Waals surface area contributed by atoms with Gasteiger partial charge >= 0.3 is 6.18 Å². The molecule has 0 aliphatic rings. The molecule has 0 bridgehead atoms. The Kier molecular flexibility index (Phi) is 7.25. The SMILES string of the molecule is CC(C)NCCCN(C(C)C)S(=O)(=O)c1cccc(C(F)(F)F)c1. The van der Waals surface area contributed by atoms with Crippen LogP contribution in [0.4, 0.5) is 13.2 Å². The van der Waals surface area contributed by atoms with Crippen LogP contribution in [0.5, 0.6) is 0 Å². The molecule has 0 spiro atoms. The quantitative estimate of drug-likeness (QED) is 0.717. The lowest BCUT2D eigenvalue weighted by atomic mass is 10.2. The lowest BCUT2D eigenvalue weighted by Crippen LogP contribution is -2.39. The fourth-order valence-corrected chi connectivity index (χ4v) is 3.97. The van der Waals surface area contributed by atoms with E-state index in [-0.39, 0.29) is 23.5 Å². The molecule has 24 heavy (non-hydrogen) atoms. The average Bonchev–Trinajstić information content (AvgIpc) is 2.45. The molecule has 0 heterocycles. The van der Waals surface area contributed by atoms with E-state index in [1.54, 1.807) is 13.8 Å². The van der Waals surface area contributed by atoms with E-state index in [0.29, 0.717) is 19.0 Å². The van der Waals surface area contributed by atoms with Crippen molar-refractivity contribution in [2.75, 3.05) is 13.1 Å². The Morgan fingerprint density at radius 1 is 1.17 bits per heavy atom. The number of benzene rings is 1. The summed E-state index contributed by atoms with van der Waals surface area (Å²) in [5, 5.41) is 3.19. The Hall–Kier alpha value is -1.12. The van der Waals surface area contributed by atoms with Crippen LogP contribution in [0, 0.1) is 0 Å². The number of halogens is 3. The normalized spacial score (nSPS) is 13.2. The van der Waals surface area contributed by atoms with Crippen LogP contribution in [0.25, 0.3) is 0 Å². The van der Waals surface area contributed by atoms with Crippen LogP contribution in [0.3, 0.4) is 0 Å². The van der Waals surface area contributed by atoms with Crippen LogP contribution in [0.2, 0.25) is 0 Å². The lowest BCUT2D eigenvalue weighted by molar-refractivity contribution is -0.137. The van der Waals surface area contributed by atoms with Crippen molar-refractivity contribution in [2.24, 2.45) is 0 Å². The molecular formula is C16H25F3N2O2S. The first-order chi connectivity index (χ1) is 11.0. The summed E-state index contributed by atoms with van der Waals surface area (Å²) < 4.78 is 65.1. The summed E-state index contributed by atoms with van der Waals surface area (Å²) in [4.78, 5) is -0.331. The van der Waals surface area contributed by atoms with Gasteiger partial charge in [-0.2, -0.15) is 17.5 Å². The molecule has 4 nitrogen and oxygen atoms in total. The van der Waals surface area contributed by atoms with E-state index < -0.39 is 21.8 Å². The van der Waals surface area contributed by atoms with Crippen molar-refractivity contribution in [1.29, 1.82) is 0 Å². The molecule has 0 aromatic heterocycles. The van der Waals surface area contributed by atoms with Crippen LogP contribution in [-0.2, 0) is 16.2 Å². The zero-order chi connectivity index (χ0) is 18.5. The fourth-order valence-electron chi connectivity index (χ4n) is 2.25. The Labute approximate surface area is 142 Å².